The van der Waals surface area contributed by atoms with Gasteiger partial charge in [-0.05, 0) is 61.2 Å². The standard InChI is InChI=1S/C31H30Cl4N4O3/c1-18(2)12-27(37-30(40)19(3)42-29-11-9-22(32)14-26(29)35)31(41)38-36-15-21-17-39(28-7-5-4-6-23(21)28)16-20-8-10-24(33)25(34)13-20/h4-11,13-15,17-19,27H,12,16H2,1-3H3,(H,37,40)(H,38,41)/b36-15-/t19-,27-/m0/s1. The number of ether oxygens (including phenoxy) is 1. The largest absolute Gasteiger partial charge is 0.479 e. The smallest absolute Gasteiger partial charge is 0.262 e. The van der Waals surface area contributed by atoms with Gasteiger partial charge in [-0.25, -0.2) is 5.43 Å². The van der Waals surface area contributed by atoms with Gasteiger partial charge in [-0.2, -0.15) is 5.10 Å². The van der Waals surface area contributed by atoms with Crippen LogP contribution in [-0.2, 0) is 16.1 Å². The maximum atomic E-state index is 13.1. The summed E-state index contributed by atoms with van der Waals surface area (Å²) in [6.07, 6.45) is 3.05. The lowest BCUT2D eigenvalue weighted by Crippen LogP contribution is -2.49. The van der Waals surface area contributed by atoms with Crippen LogP contribution in [0.4, 0.5) is 0 Å². The number of amides is 2. The highest BCUT2D eigenvalue weighted by molar-refractivity contribution is 6.42. The highest BCUT2D eigenvalue weighted by Crippen LogP contribution is 2.28. The van der Waals surface area contributed by atoms with Crippen molar-refractivity contribution < 1.29 is 14.3 Å². The van der Waals surface area contributed by atoms with Crippen molar-refractivity contribution in [3.63, 3.8) is 0 Å². The summed E-state index contributed by atoms with van der Waals surface area (Å²) >= 11 is 24.4. The summed E-state index contributed by atoms with van der Waals surface area (Å²) in [7, 11) is 0. The quantitative estimate of drug-likeness (QED) is 0.129. The third kappa shape index (κ3) is 8.19. The zero-order valence-electron chi connectivity index (χ0n) is 23.2. The van der Waals surface area contributed by atoms with Crippen LogP contribution in [0.5, 0.6) is 5.75 Å². The molecule has 0 fully saturated rings. The first-order valence-corrected chi connectivity index (χ1v) is 14.8. The van der Waals surface area contributed by atoms with Crippen molar-refractivity contribution in [1.29, 1.82) is 0 Å². The molecule has 220 valence electrons. The number of hydrogen-bond donors (Lipinski definition) is 2. The topological polar surface area (TPSA) is 84.7 Å². The third-order valence-corrected chi connectivity index (χ3v) is 7.71. The normalized spacial score (nSPS) is 13.0. The zero-order chi connectivity index (χ0) is 30.4. The van der Waals surface area contributed by atoms with Crippen LogP contribution in [0.2, 0.25) is 20.1 Å². The van der Waals surface area contributed by atoms with Crippen LogP contribution < -0.4 is 15.5 Å². The van der Waals surface area contributed by atoms with Crippen LogP contribution in [0, 0.1) is 5.92 Å². The Kier molecular flexibility index (Phi) is 10.8. The van der Waals surface area contributed by atoms with Gasteiger partial charge < -0.3 is 14.6 Å². The van der Waals surface area contributed by atoms with E-state index in [1.165, 1.54) is 6.07 Å². The molecule has 3 aromatic carbocycles. The predicted molar refractivity (Wildman–Crippen MR) is 171 cm³/mol. The van der Waals surface area contributed by atoms with Gasteiger partial charge in [0.15, 0.2) is 6.10 Å². The monoisotopic (exact) mass is 646 g/mol. The van der Waals surface area contributed by atoms with Gasteiger partial charge in [-0.15, -0.1) is 0 Å². The molecule has 0 bridgehead atoms. The first-order chi connectivity index (χ1) is 20.0. The SMILES string of the molecule is CC(C)C[C@H](NC(=O)[C@H](C)Oc1ccc(Cl)cc1Cl)C(=O)N/N=C\c1cn(Cc2ccc(Cl)c(Cl)c2)c2ccccc12. The molecule has 1 heterocycles. The molecule has 0 spiro atoms. The van der Waals surface area contributed by atoms with Crippen molar-refractivity contribution in [3.8, 4) is 5.75 Å². The van der Waals surface area contributed by atoms with Crippen LogP contribution >= 0.6 is 46.4 Å². The Labute approximate surface area is 264 Å². The maximum absolute atomic E-state index is 13.1. The van der Waals surface area contributed by atoms with E-state index in [-0.39, 0.29) is 10.9 Å². The molecule has 42 heavy (non-hydrogen) atoms. The molecule has 0 unspecified atom stereocenters. The average molecular weight is 648 g/mol. The Morgan fingerprint density at radius 2 is 1.69 bits per heavy atom. The number of hydrogen-bond acceptors (Lipinski definition) is 4. The number of fused-ring (bicyclic) bond motifs is 1. The Bertz CT molecular complexity index is 1620. The molecule has 0 aliphatic carbocycles. The van der Waals surface area contributed by atoms with Gasteiger partial charge in [-0.3, -0.25) is 9.59 Å². The summed E-state index contributed by atoms with van der Waals surface area (Å²) in [6, 6.07) is 17.3. The van der Waals surface area contributed by atoms with E-state index in [0.717, 1.165) is 22.0 Å². The van der Waals surface area contributed by atoms with Crippen molar-refractivity contribution >= 4 is 75.3 Å². The molecule has 0 radical (unpaired) electrons. The molecular weight excluding hydrogens is 618 g/mol. The molecule has 2 atom stereocenters. The Morgan fingerprint density at radius 1 is 0.929 bits per heavy atom. The van der Waals surface area contributed by atoms with Gasteiger partial charge in [0, 0.05) is 34.2 Å². The van der Waals surface area contributed by atoms with Crippen LogP contribution in [-0.4, -0.2) is 34.7 Å². The number of nitrogens with zero attached hydrogens (tertiary/aromatic N) is 2. The van der Waals surface area contributed by atoms with Gasteiger partial charge in [0.1, 0.15) is 11.8 Å². The fourth-order valence-electron chi connectivity index (χ4n) is 4.39. The number of rotatable bonds is 11. The van der Waals surface area contributed by atoms with Crippen molar-refractivity contribution in [2.75, 3.05) is 0 Å². The lowest BCUT2D eigenvalue weighted by molar-refractivity contribution is -0.132. The number of carbonyl (C=O) groups is 2. The van der Waals surface area contributed by atoms with E-state index in [1.807, 2.05) is 56.4 Å². The van der Waals surface area contributed by atoms with Crippen molar-refractivity contribution in [1.82, 2.24) is 15.3 Å². The molecule has 4 aromatic rings. The first-order valence-electron chi connectivity index (χ1n) is 13.3. The molecular formula is C31H30Cl4N4O3. The van der Waals surface area contributed by atoms with Gasteiger partial charge in [0.05, 0.1) is 21.3 Å². The lowest BCUT2D eigenvalue weighted by atomic mass is 10.0. The third-order valence-electron chi connectivity index (χ3n) is 6.44. The molecule has 0 saturated carbocycles. The van der Waals surface area contributed by atoms with Gasteiger partial charge in [0.2, 0.25) is 0 Å². The average Bonchev–Trinajstić information content (AvgIpc) is 3.28. The minimum Gasteiger partial charge on any atom is -0.479 e. The number of carbonyl (C=O) groups excluding carboxylic acids is 2. The molecule has 0 aliphatic heterocycles. The van der Waals surface area contributed by atoms with E-state index in [1.54, 1.807) is 31.3 Å². The first kappa shape index (κ1) is 31.7. The Morgan fingerprint density at radius 3 is 2.40 bits per heavy atom. The summed E-state index contributed by atoms with van der Waals surface area (Å²) in [5, 5.41) is 9.69. The number of benzene rings is 3. The fraction of sp³-hybridized carbons (Fsp3) is 0.258. The number of hydrazone groups is 1. The van der Waals surface area contributed by atoms with E-state index < -0.39 is 24.0 Å². The second-order valence-corrected chi connectivity index (χ2v) is 11.9. The van der Waals surface area contributed by atoms with Gasteiger partial charge >= 0.3 is 0 Å². The summed E-state index contributed by atoms with van der Waals surface area (Å²) in [5.74, 6) is -0.455. The van der Waals surface area contributed by atoms with Crippen molar-refractivity contribution in [2.45, 2.75) is 45.9 Å². The van der Waals surface area contributed by atoms with Gasteiger partial charge in [-0.1, -0.05) is 84.5 Å². The van der Waals surface area contributed by atoms with Crippen LogP contribution in [0.3, 0.4) is 0 Å². The number of nitrogens with one attached hydrogen (secondary N) is 2. The van der Waals surface area contributed by atoms with Crippen LogP contribution in [0.15, 0.2) is 72.0 Å². The van der Waals surface area contributed by atoms with Crippen LogP contribution in [0.25, 0.3) is 10.9 Å². The van der Waals surface area contributed by atoms with Crippen LogP contribution in [0.1, 0.15) is 38.3 Å². The molecule has 2 amide bonds. The minimum absolute atomic E-state index is 0.131. The second-order valence-electron chi connectivity index (χ2n) is 10.2. The number of aromatic nitrogens is 1. The molecule has 0 saturated heterocycles. The molecule has 7 nitrogen and oxygen atoms in total. The summed E-state index contributed by atoms with van der Waals surface area (Å²) in [5.41, 5.74) is 5.39. The Balaban J connectivity index is 1.45. The molecule has 1 aromatic heterocycles. The van der Waals surface area contributed by atoms with Crippen molar-refractivity contribution in [3.05, 3.63) is 98.1 Å². The highest BCUT2D eigenvalue weighted by atomic mass is 35.5. The van der Waals surface area contributed by atoms with E-state index >= 15 is 0 Å². The highest BCUT2D eigenvalue weighted by Gasteiger charge is 2.25. The number of para-hydroxylation sites is 1. The van der Waals surface area contributed by atoms with E-state index in [2.05, 4.69) is 20.4 Å². The van der Waals surface area contributed by atoms with E-state index in [9.17, 15) is 9.59 Å². The zero-order valence-corrected chi connectivity index (χ0v) is 26.2. The Hall–Kier alpha value is -3.23. The fourth-order valence-corrected chi connectivity index (χ4v) is 5.17. The molecule has 0 aliphatic rings. The molecule has 11 heteroatoms. The second kappa shape index (κ2) is 14.3. The predicted octanol–water partition coefficient (Wildman–Crippen LogP) is 7.75. The van der Waals surface area contributed by atoms with E-state index in [4.69, 9.17) is 51.1 Å². The lowest BCUT2D eigenvalue weighted by Gasteiger charge is -2.22. The number of halogens is 4. The van der Waals surface area contributed by atoms with Gasteiger partial charge in [0.25, 0.3) is 11.8 Å². The minimum atomic E-state index is -0.906. The summed E-state index contributed by atoms with van der Waals surface area (Å²) < 4.78 is 7.78. The summed E-state index contributed by atoms with van der Waals surface area (Å²) in [6.45, 7) is 6.08. The summed E-state index contributed by atoms with van der Waals surface area (Å²) in [4.78, 5) is 26.0. The van der Waals surface area contributed by atoms with E-state index in [0.29, 0.717) is 33.8 Å². The maximum Gasteiger partial charge on any atom is 0.262 e. The molecule has 2 N–H and O–H groups in total. The molecule has 4 rings (SSSR count). The van der Waals surface area contributed by atoms with Crippen molar-refractivity contribution in [2.24, 2.45) is 11.0 Å².